The molecule has 3 fully saturated rings. The molecule has 1 aliphatic carbocycles. The van der Waals surface area contributed by atoms with Gasteiger partial charge in [0.05, 0.1) is 19.3 Å². The van der Waals surface area contributed by atoms with Gasteiger partial charge >= 0.3 is 0 Å². The lowest BCUT2D eigenvalue weighted by Crippen LogP contribution is -2.56. The fourth-order valence-corrected chi connectivity index (χ4v) is 5.44. The second-order valence-corrected chi connectivity index (χ2v) is 10.7. The van der Waals surface area contributed by atoms with E-state index in [1.54, 1.807) is 7.11 Å². The van der Waals surface area contributed by atoms with E-state index in [0.29, 0.717) is 12.5 Å². The zero-order chi connectivity index (χ0) is 25.1. The Hall–Kier alpha value is -2.71. The summed E-state index contributed by atoms with van der Waals surface area (Å²) in [6.07, 6.45) is 4.04. The summed E-state index contributed by atoms with van der Waals surface area (Å²) in [4.78, 5) is 22.1. The van der Waals surface area contributed by atoms with E-state index in [1.807, 2.05) is 18.2 Å². The van der Waals surface area contributed by atoms with Crippen molar-refractivity contribution in [2.45, 2.75) is 45.1 Å². The molecule has 3 heterocycles. The molecule has 8 nitrogen and oxygen atoms in total. The molecule has 0 bridgehead atoms. The van der Waals surface area contributed by atoms with Gasteiger partial charge in [-0.1, -0.05) is 26.3 Å². The summed E-state index contributed by atoms with van der Waals surface area (Å²) in [6.45, 7) is 12.1. The lowest BCUT2D eigenvalue weighted by Gasteiger charge is -2.43. The van der Waals surface area contributed by atoms with E-state index in [9.17, 15) is 4.79 Å². The number of hydrogen-bond acceptors (Lipinski definition) is 7. The Morgan fingerprint density at radius 3 is 2.31 bits per heavy atom. The van der Waals surface area contributed by atoms with Crippen molar-refractivity contribution in [3.8, 4) is 17.0 Å². The van der Waals surface area contributed by atoms with Gasteiger partial charge in [-0.3, -0.25) is 14.6 Å². The van der Waals surface area contributed by atoms with Crippen molar-refractivity contribution in [3.05, 3.63) is 35.9 Å². The number of piperazine rings is 2. The van der Waals surface area contributed by atoms with Crippen LogP contribution >= 0.6 is 0 Å². The van der Waals surface area contributed by atoms with Crippen LogP contribution in [0.5, 0.6) is 5.75 Å². The first kappa shape index (κ1) is 25.0. The number of aromatic nitrogens is 2. The van der Waals surface area contributed by atoms with Crippen molar-refractivity contribution in [1.82, 2.24) is 24.9 Å². The van der Waals surface area contributed by atoms with Crippen LogP contribution in [-0.2, 0) is 4.79 Å². The molecule has 0 N–H and O–H groups in total. The van der Waals surface area contributed by atoms with Gasteiger partial charge in [0.2, 0.25) is 5.91 Å². The number of amides is 1. The molecule has 1 saturated carbocycles. The summed E-state index contributed by atoms with van der Waals surface area (Å²) in [5, 5.41) is 9.08. The maximum absolute atomic E-state index is 12.9. The third kappa shape index (κ3) is 5.49. The Morgan fingerprint density at radius 2 is 1.72 bits per heavy atom. The van der Waals surface area contributed by atoms with Crippen LogP contribution in [0.3, 0.4) is 0 Å². The highest BCUT2D eigenvalue weighted by atomic mass is 16.5. The molecular weight excluding hydrogens is 452 g/mol. The minimum atomic E-state index is 0.276. The molecule has 2 aromatic rings. The molecule has 36 heavy (non-hydrogen) atoms. The van der Waals surface area contributed by atoms with Crippen LogP contribution in [0.15, 0.2) is 30.3 Å². The Kier molecular flexibility index (Phi) is 7.72. The van der Waals surface area contributed by atoms with Crippen LogP contribution in [0.1, 0.15) is 44.6 Å². The average Bonchev–Trinajstić information content (AvgIpc) is 2.88. The standard InChI is InChI=1S/C28H40N6O2/c1-21(2)22-7-9-26(36-3)24(19-22)25-8-10-27(30-29-25)33-13-11-31(12-14-33)20-28(35)34-17-15-32(16-18-34)23-5-4-6-23/h7-10,19,21,23H,4-6,11-18,20H2,1-3H3. The summed E-state index contributed by atoms with van der Waals surface area (Å²) in [5.41, 5.74) is 3.04. The normalized spacial score (nSPS) is 20.0. The Balaban J connectivity index is 1.12. The minimum Gasteiger partial charge on any atom is -0.496 e. The van der Waals surface area contributed by atoms with Crippen molar-refractivity contribution in [3.63, 3.8) is 0 Å². The highest BCUT2D eigenvalue weighted by Gasteiger charge is 2.30. The van der Waals surface area contributed by atoms with Gasteiger partial charge in [-0.15, -0.1) is 10.2 Å². The highest BCUT2D eigenvalue weighted by molar-refractivity contribution is 5.78. The molecular formula is C28H40N6O2. The zero-order valence-corrected chi connectivity index (χ0v) is 22.0. The first-order valence-electron chi connectivity index (χ1n) is 13.5. The first-order chi connectivity index (χ1) is 17.5. The van der Waals surface area contributed by atoms with Crippen molar-refractivity contribution in [2.75, 3.05) is 70.9 Å². The average molecular weight is 493 g/mol. The SMILES string of the molecule is COc1ccc(C(C)C)cc1-c1ccc(N2CCN(CC(=O)N3CCN(C4CCC4)CC3)CC2)nn1. The van der Waals surface area contributed by atoms with Crippen molar-refractivity contribution < 1.29 is 9.53 Å². The molecule has 0 atom stereocenters. The van der Waals surface area contributed by atoms with E-state index < -0.39 is 0 Å². The van der Waals surface area contributed by atoms with E-state index in [2.05, 4.69) is 55.8 Å². The third-order valence-electron chi connectivity index (χ3n) is 8.13. The van der Waals surface area contributed by atoms with Crippen molar-refractivity contribution in [2.24, 2.45) is 0 Å². The number of rotatable bonds is 7. The van der Waals surface area contributed by atoms with Gasteiger partial charge in [0.1, 0.15) is 5.75 Å². The van der Waals surface area contributed by atoms with Gasteiger partial charge in [0.25, 0.3) is 0 Å². The number of benzene rings is 1. The Bertz CT molecular complexity index is 1020. The zero-order valence-electron chi connectivity index (χ0n) is 22.0. The molecule has 3 aliphatic rings. The largest absolute Gasteiger partial charge is 0.496 e. The van der Waals surface area contributed by atoms with Gasteiger partial charge in [0.15, 0.2) is 5.82 Å². The summed E-state index contributed by atoms with van der Waals surface area (Å²) in [6, 6.07) is 11.1. The van der Waals surface area contributed by atoms with E-state index in [-0.39, 0.29) is 5.91 Å². The predicted octanol–water partition coefficient (Wildman–Crippen LogP) is 3.09. The minimum absolute atomic E-state index is 0.276. The van der Waals surface area contributed by atoms with Crippen LogP contribution in [0.2, 0.25) is 0 Å². The molecule has 2 saturated heterocycles. The van der Waals surface area contributed by atoms with Crippen LogP contribution in [-0.4, -0.2) is 103 Å². The molecule has 0 spiro atoms. The quantitative estimate of drug-likeness (QED) is 0.589. The molecule has 1 aromatic carbocycles. The lowest BCUT2D eigenvalue weighted by molar-refractivity contribution is -0.134. The van der Waals surface area contributed by atoms with Gasteiger partial charge in [-0.2, -0.15) is 0 Å². The molecule has 194 valence electrons. The highest BCUT2D eigenvalue weighted by Crippen LogP contribution is 2.32. The van der Waals surface area contributed by atoms with Crippen molar-refractivity contribution in [1.29, 1.82) is 0 Å². The predicted molar refractivity (Wildman–Crippen MR) is 143 cm³/mol. The van der Waals surface area contributed by atoms with Gasteiger partial charge < -0.3 is 14.5 Å². The summed E-state index contributed by atoms with van der Waals surface area (Å²) >= 11 is 0. The van der Waals surface area contributed by atoms with Crippen molar-refractivity contribution >= 4 is 11.7 Å². The van der Waals surface area contributed by atoms with Crippen LogP contribution in [0, 0.1) is 0 Å². The van der Waals surface area contributed by atoms with E-state index >= 15 is 0 Å². The second-order valence-electron chi connectivity index (χ2n) is 10.7. The molecule has 0 unspecified atom stereocenters. The van der Waals surface area contributed by atoms with Crippen LogP contribution < -0.4 is 9.64 Å². The maximum atomic E-state index is 12.9. The number of hydrogen-bond donors (Lipinski definition) is 0. The maximum Gasteiger partial charge on any atom is 0.236 e. The number of methoxy groups -OCH3 is 1. The monoisotopic (exact) mass is 492 g/mol. The molecule has 5 rings (SSSR count). The molecule has 8 heteroatoms. The van der Waals surface area contributed by atoms with Gasteiger partial charge in [-0.05, 0) is 48.6 Å². The van der Waals surface area contributed by atoms with E-state index in [4.69, 9.17) is 4.74 Å². The summed E-state index contributed by atoms with van der Waals surface area (Å²) in [7, 11) is 1.69. The first-order valence-corrected chi connectivity index (χ1v) is 13.5. The molecule has 0 radical (unpaired) electrons. The molecule has 2 aliphatic heterocycles. The molecule has 1 aromatic heterocycles. The van der Waals surface area contributed by atoms with Crippen LogP contribution in [0.4, 0.5) is 5.82 Å². The third-order valence-corrected chi connectivity index (χ3v) is 8.13. The summed E-state index contributed by atoms with van der Waals surface area (Å²) in [5.74, 6) is 2.40. The van der Waals surface area contributed by atoms with Crippen LogP contribution in [0.25, 0.3) is 11.3 Å². The van der Waals surface area contributed by atoms with Gasteiger partial charge in [0, 0.05) is 64.0 Å². The fraction of sp³-hybridized carbons (Fsp3) is 0.607. The van der Waals surface area contributed by atoms with Gasteiger partial charge in [-0.25, -0.2) is 0 Å². The number of carbonyl (C=O) groups excluding carboxylic acids is 1. The Morgan fingerprint density at radius 1 is 0.972 bits per heavy atom. The second kappa shape index (κ2) is 11.1. The Labute approximate surface area is 215 Å². The number of nitrogens with zero attached hydrogens (tertiary/aromatic N) is 6. The lowest BCUT2D eigenvalue weighted by atomic mass is 9.91. The number of anilines is 1. The smallest absolute Gasteiger partial charge is 0.236 e. The fourth-order valence-electron chi connectivity index (χ4n) is 5.44. The van der Waals surface area contributed by atoms with E-state index in [0.717, 1.165) is 81.2 Å². The van der Waals surface area contributed by atoms with E-state index in [1.165, 1.54) is 24.8 Å². The molecule has 1 amide bonds. The number of ether oxygens (including phenoxy) is 1. The topological polar surface area (TPSA) is 65.0 Å². The number of carbonyl (C=O) groups is 1. The summed E-state index contributed by atoms with van der Waals surface area (Å²) < 4.78 is 5.57.